The summed E-state index contributed by atoms with van der Waals surface area (Å²) in [5.41, 5.74) is 0. The molecule has 84 valence electrons. The van der Waals surface area contributed by atoms with Crippen LogP contribution in [0.2, 0.25) is 5.02 Å². The Balaban J connectivity index is 2.70. The second-order valence-electron chi connectivity index (χ2n) is 3.28. The number of rotatable bonds is 5. The Morgan fingerprint density at radius 2 is 2.27 bits per heavy atom. The van der Waals surface area contributed by atoms with Crippen LogP contribution >= 0.6 is 27.5 Å². The van der Waals surface area contributed by atoms with Gasteiger partial charge in [-0.3, -0.25) is 0 Å². The van der Waals surface area contributed by atoms with Gasteiger partial charge in [-0.05, 0) is 31.7 Å². The highest BCUT2D eigenvalue weighted by molar-refractivity contribution is 9.10. The fourth-order valence-corrected chi connectivity index (χ4v) is 1.97. The number of halogens is 2. The number of likely N-dealkylation sites (N-methyl/N-ethyl adjacent to an activating group) is 1. The van der Waals surface area contributed by atoms with E-state index < -0.39 is 0 Å². The van der Waals surface area contributed by atoms with E-state index in [0.717, 1.165) is 23.2 Å². The number of benzene rings is 1. The van der Waals surface area contributed by atoms with Crippen molar-refractivity contribution in [1.29, 1.82) is 0 Å². The highest BCUT2D eigenvalue weighted by atomic mass is 79.9. The van der Waals surface area contributed by atoms with Crippen molar-refractivity contribution in [3.63, 3.8) is 0 Å². The van der Waals surface area contributed by atoms with Crippen LogP contribution in [-0.4, -0.2) is 19.7 Å². The molecular weight excluding hydrogens is 277 g/mol. The quantitative estimate of drug-likeness (QED) is 0.897. The molecule has 0 aliphatic rings. The second-order valence-corrected chi connectivity index (χ2v) is 4.60. The Kier molecular flexibility index (Phi) is 5.43. The summed E-state index contributed by atoms with van der Waals surface area (Å²) in [6.07, 6.45) is 1.11. The molecule has 1 unspecified atom stereocenters. The Morgan fingerprint density at radius 1 is 1.53 bits per heavy atom. The molecule has 15 heavy (non-hydrogen) atoms. The van der Waals surface area contributed by atoms with E-state index in [9.17, 15) is 0 Å². The van der Waals surface area contributed by atoms with E-state index in [2.05, 4.69) is 28.2 Å². The number of ether oxygens (including phenoxy) is 1. The molecular formula is C11H15BrClNO. The van der Waals surface area contributed by atoms with Gasteiger partial charge in [-0.2, -0.15) is 0 Å². The van der Waals surface area contributed by atoms with Crippen LogP contribution in [0, 0.1) is 0 Å². The van der Waals surface area contributed by atoms with E-state index in [4.69, 9.17) is 16.3 Å². The van der Waals surface area contributed by atoms with Gasteiger partial charge in [-0.15, -0.1) is 0 Å². The summed E-state index contributed by atoms with van der Waals surface area (Å²) < 4.78 is 6.73. The predicted octanol–water partition coefficient (Wildman–Crippen LogP) is 3.48. The highest BCUT2D eigenvalue weighted by Crippen LogP contribution is 2.28. The maximum atomic E-state index is 6.06. The van der Waals surface area contributed by atoms with Gasteiger partial charge in [0.25, 0.3) is 0 Å². The zero-order valence-corrected chi connectivity index (χ0v) is 11.2. The summed E-state index contributed by atoms with van der Waals surface area (Å²) in [6, 6.07) is 5.64. The minimum atomic E-state index is 0.161. The molecule has 0 saturated carbocycles. The molecule has 2 nitrogen and oxygen atoms in total. The molecule has 1 atom stereocenters. The maximum absolute atomic E-state index is 6.06. The van der Waals surface area contributed by atoms with Gasteiger partial charge in [0.2, 0.25) is 0 Å². The molecule has 0 heterocycles. The topological polar surface area (TPSA) is 21.3 Å². The summed E-state index contributed by atoms with van der Waals surface area (Å²) in [7, 11) is 1.91. The van der Waals surface area contributed by atoms with Crippen molar-refractivity contribution >= 4 is 27.5 Å². The van der Waals surface area contributed by atoms with Crippen molar-refractivity contribution in [2.75, 3.05) is 13.6 Å². The molecule has 0 aromatic heterocycles. The standard InChI is InChI=1S/C11H15BrClNO/c1-3-9(7-14-2)15-11-5-4-8(12)6-10(11)13/h4-6,9,14H,3,7H2,1-2H3. The van der Waals surface area contributed by atoms with E-state index in [1.807, 2.05) is 25.2 Å². The molecule has 1 aromatic carbocycles. The molecule has 0 amide bonds. The first-order chi connectivity index (χ1) is 7.17. The van der Waals surface area contributed by atoms with E-state index >= 15 is 0 Å². The zero-order chi connectivity index (χ0) is 11.3. The lowest BCUT2D eigenvalue weighted by atomic mass is 10.2. The van der Waals surface area contributed by atoms with Crippen LogP contribution in [0.3, 0.4) is 0 Å². The molecule has 0 fully saturated rings. The van der Waals surface area contributed by atoms with Crippen molar-refractivity contribution in [3.05, 3.63) is 27.7 Å². The van der Waals surface area contributed by atoms with Gasteiger partial charge in [-0.1, -0.05) is 34.5 Å². The molecule has 0 aliphatic heterocycles. The fourth-order valence-electron chi connectivity index (χ4n) is 1.25. The molecule has 0 aliphatic carbocycles. The van der Waals surface area contributed by atoms with Gasteiger partial charge >= 0.3 is 0 Å². The Bertz CT molecular complexity index is 319. The number of hydrogen-bond donors (Lipinski definition) is 1. The SMILES string of the molecule is CCC(CNC)Oc1ccc(Br)cc1Cl. The van der Waals surface area contributed by atoms with E-state index in [0.29, 0.717) is 5.02 Å². The molecule has 4 heteroatoms. The number of hydrogen-bond acceptors (Lipinski definition) is 2. The van der Waals surface area contributed by atoms with Crippen LogP contribution < -0.4 is 10.1 Å². The summed E-state index contributed by atoms with van der Waals surface area (Å²) in [5, 5.41) is 3.73. The number of nitrogens with one attached hydrogen (secondary N) is 1. The lowest BCUT2D eigenvalue weighted by Gasteiger charge is -2.18. The van der Waals surface area contributed by atoms with E-state index in [1.165, 1.54) is 0 Å². The molecule has 1 rings (SSSR count). The lowest BCUT2D eigenvalue weighted by molar-refractivity contribution is 0.196. The Labute approximate surface area is 104 Å². The minimum absolute atomic E-state index is 0.161. The van der Waals surface area contributed by atoms with Crippen molar-refractivity contribution in [2.24, 2.45) is 0 Å². The fraction of sp³-hybridized carbons (Fsp3) is 0.455. The average Bonchev–Trinajstić information content (AvgIpc) is 2.21. The normalized spacial score (nSPS) is 12.5. The summed E-state index contributed by atoms with van der Waals surface area (Å²) in [5.74, 6) is 0.738. The van der Waals surface area contributed by atoms with Crippen molar-refractivity contribution in [2.45, 2.75) is 19.4 Å². The minimum Gasteiger partial charge on any atom is -0.488 e. The van der Waals surface area contributed by atoms with E-state index in [-0.39, 0.29) is 6.10 Å². The highest BCUT2D eigenvalue weighted by Gasteiger charge is 2.09. The van der Waals surface area contributed by atoms with Crippen molar-refractivity contribution < 1.29 is 4.74 Å². The van der Waals surface area contributed by atoms with Gasteiger partial charge in [0.15, 0.2) is 0 Å². The molecule has 0 saturated heterocycles. The summed E-state index contributed by atoms with van der Waals surface area (Å²) in [6.45, 7) is 2.91. The van der Waals surface area contributed by atoms with Gasteiger partial charge in [-0.25, -0.2) is 0 Å². The van der Waals surface area contributed by atoms with Gasteiger partial charge < -0.3 is 10.1 Å². The second kappa shape index (κ2) is 6.36. The smallest absolute Gasteiger partial charge is 0.138 e. The largest absolute Gasteiger partial charge is 0.488 e. The van der Waals surface area contributed by atoms with Crippen molar-refractivity contribution in [3.8, 4) is 5.75 Å². The third-order valence-corrected chi connectivity index (χ3v) is 2.86. The summed E-state index contributed by atoms with van der Waals surface area (Å²) >= 11 is 9.41. The van der Waals surface area contributed by atoms with Gasteiger partial charge in [0.1, 0.15) is 11.9 Å². The predicted molar refractivity (Wildman–Crippen MR) is 67.8 cm³/mol. The van der Waals surface area contributed by atoms with Crippen LogP contribution in [0.15, 0.2) is 22.7 Å². The Morgan fingerprint density at radius 3 is 2.80 bits per heavy atom. The Hall–Kier alpha value is -0.250. The first-order valence-electron chi connectivity index (χ1n) is 4.93. The molecule has 1 N–H and O–H groups in total. The molecule has 1 aromatic rings. The molecule has 0 radical (unpaired) electrons. The first-order valence-corrected chi connectivity index (χ1v) is 6.10. The van der Waals surface area contributed by atoms with Crippen LogP contribution in [0.4, 0.5) is 0 Å². The third kappa shape index (κ3) is 4.01. The monoisotopic (exact) mass is 291 g/mol. The zero-order valence-electron chi connectivity index (χ0n) is 8.89. The molecule has 0 spiro atoms. The maximum Gasteiger partial charge on any atom is 0.138 e. The van der Waals surface area contributed by atoms with Gasteiger partial charge in [0.05, 0.1) is 5.02 Å². The van der Waals surface area contributed by atoms with Crippen LogP contribution in [-0.2, 0) is 0 Å². The molecule has 0 bridgehead atoms. The van der Waals surface area contributed by atoms with Crippen LogP contribution in [0.25, 0.3) is 0 Å². The third-order valence-electron chi connectivity index (χ3n) is 2.07. The van der Waals surface area contributed by atoms with Crippen LogP contribution in [0.1, 0.15) is 13.3 Å². The summed E-state index contributed by atoms with van der Waals surface area (Å²) in [4.78, 5) is 0. The van der Waals surface area contributed by atoms with Gasteiger partial charge in [0, 0.05) is 11.0 Å². The first kappa shape index (κ1) is 12.8. The van der Waals surface area contributed by atoms with Crippen molar-refractivity contribution in [1.82, 2.24) is 5.32 Å². The average molecular weight is 293 g/mol. The lowest BCUT2D eigenvalue weighted by Crippen LogP contribution is -2.28. The van der Waals surface area contributed by atoms with Crippen LogP contribution in [0.5, 0.6) is 5.75 Å². The van der Waals surface area contributed by atoms with E-state index in [1.54, 1.807) is 0 Å².